The summed E-state index contributed by atoms with van der Waals surface area (Å²) in [7, 11) is 0. The predicted molar refractivity (Wildman–Crippen MR) is 116 cm³/mol. The first-order valence-electron chi connectivity index (χ1n) is 8.75. The number of thioether (sulfide) groups is 2. The van der Waals surface area contributed by atoms with Crippen molar-refractivity contribution in [1.29, 1.82) is 0 Å². The minimum Gasteiger partial charge on any atom is -0.328 e. The average molecular weight is 450 g/mol. The second-order valence-electron chi connectivity index (χ2n) is 6.04. The van der Waals surface area contributed by atoms with Gasteiger partial charge >= 0.3 is 0 Å². The van der Waals surface area contributed by atoms with Crippen LogP contribution < -0.4 is 0 Å². The van der Waals surface area contributed by atoms with Crippen LogP contribution >= 0.6 is 35.1 Å². The van der Waals surface area contributed by atoms with Gasteiger partial charge in [0.2, 0.25) is 0 Å². The molecule has 3 rings (SSSR count). The van der Waals surface area contributed by atoms with E-state index in [9.17, 15) is 4.79 Å². The van der Waals surface area contributed by atoms with Crippen LogP contribution in [0, 0.1) is 0 Å². The second-order valence-corrected chi connectivity index (χ2v) is 8.35. The van der Waals surface area contributed by atoms with E-state index in [-0.39, 0.29) is 5.91 Å². The van der Waals surface area contributed by atoms with Crippen LogP contribution in [-0.2, 0) is 0 Å². The van der Waals surface area contributed by atoms with E-state index in [4.69, 9.17) is 11.6 Å². The predicted octanol–water partition coefficient (Wildman–Crippen LogP) is 3.39. The number of nitrogens with zero attached hydrogens (tertiary/aromatic N) is 7. The van der Waals surface area contributed by atoms with Gasteiger partial charge < -0.3 is 4.90 Å². The third kappa shape index (κ3) is 5.06. The van der Waals surface area contributed by atoms with Crippen LogP contribution in [0.4, 0.5) is 0 Å². The van der Waals surface area contributed by atoms with Gasteiger partial charge in [-0.05, 0) is 54.1 Å². The lowest BCUT2D eigenvalue weighted by molar-refractivity contribution is 0.0695. The van der Waals surface area contributed by atoms with Gasteiger partial charge in [0.15, 0.2) is 5.82 Å². The highest BCUT2D eigenvalue weighted by atomic mass is 35.5. The molecule has 0 spiro atoms. The molecule has 0 radical (unpaired) electrons. The van der Waals surface area contributed by atoms with Crippen molar-refractivity contribution in [1.82, 2.24) is 35.1 Å². The summed E-state index contributed by atoms with van der Waals surface area (Å²) >= 11 is 9.42. The van der Waals surface area contributed by atoms with Gasteiger partial charge in [-0.25, -0.2) is 9.97 Å². The molecule has 0 bridgehead atoms. The van der Waals surface area contributed by atoms with Crippen LogP contribution in [0.2, 0.25) is 5.02 Å². The van der Waals surface area contributed by atoms with E-state index in [1.54, 1.807) is 41.2 Å². The van der Waals surface area contributed by atoms with Crippen LogP contribution in [0.25, 0.3) is 5.95 Å². The molecule has 0 fully saturated rings. The Morgan fingerprint density at radius 2 is 2.00 bits per heavy atom. The molecule has 1 aromatic carbocycles. The van der Waals surface area contributed by atoms with Crippen LogP contribution in [0.3, 0.4) is 0 Å². The zero-order valence-corrected chi connectivity index (χ0v) is 18.6. The number of hydrogen-bond acceptors (Lipinski definition) is 8. The van der Waals surface area contributed by atoms with Crippen LogP contribution in [-0.4, -0.2) is 65.8 Å². The molecule has 0 aliphatic rings. The summed E-state index contributed by atoms with van der Waals surface area (Å²) in [5, 5.41) is 12.4. The monoisotopic (exact) mass is 449 g/mol. The Morgan fingerprint density at radius 3 is 2.69 bits per heavy atom. The molecule has 11 heteroatoms. The van der Waals surface area contributed by atoms with Crippen molar-refractivity contribution in [3.63, 3.8) is 0 Å². The Kier molecular flexibility index (Phi) is 7.45. The third-order valence-corrected chi connectivity index (χ3v) is 5.74. The largest absolute Gasteiger partial charge is 0.328 e. The number of carbonyl (C=O) groups excluding carboxylic acids is 1. The SMILES string of the molecule is CSCCN(C(=O)c1cc(Cl)cc(SC)c1)C(C)c1nnnn1-c1ncccn1. The molecular formula is C18H20ClN7OS2. The minimum absolute atomic E-state index is 0.132. The molecule has 29 heavy (non-hydrogen) atoms. The molecule has 2 aromatic heterocycles. The van der Waals surface area contributed by atoms with Gasteiger partial charge in [-0.3, -0.25) is 4.79 Å². The Bertz CT molecular complexity index is 970. The Labute approximate surface area is 182 Å². The van der Waals surface area contributed by atoms with Gasteiger partial charge in [-0.1, -0.05) is 11.6 Å². The number of benzene rings is 1. The molecule has 0 saturated heterocycles. The summed E-state index contributed by atoms with van der Waals surface area (Å²) in [6.07, 6.45) is 7.18. The van der Waals surface area contributed by atoms with E-state index >= 15 is 0 Å². The molecule has 8 nitrogen and oxygen atoms in total. The summed E-state index contributed by atoms with van der Waals surface area (Å²) in [6, 6.07) is 6.69. The number of rotatable bonds is 8. The van der Waals surface area contributed by atoms with Crippen molar-refractivity contribution in [2.45, 2.75) is 17.9 Å². The zero-order valence-electron chi connectivity index (χ0n) is 16.2. The molecule has 0 N–H and O–H groups in total. The first kappa shape index (κ1) is 21.5. The number of amides is 1. The third-order valence-electron chi connectivity index (χ3n) is 4.23. The maximum absolute atomic E-state index is 13.4. The molecule has 0 aliphatic carbocycles. The number of hydrogen-bond donors (Lipinski definition) is 0. The highest BCUT2D eigenvalue weighted by molar-refractivity contribution is 7.98. The summed E-state index contributed by atoms with van der Waals surface area (Å²) in [4.78, 5) is 24.5. The summed E-state index contributed by atoms with van der Waals surface area (Å²) in [5.41, 5.74) is 0.532. The molecule has 0 aliphatic heterocycles. The van der Waals surface area contributed by atoms with Crippen molar-refractivity contribution in [3.8, 4) is 5.95 Å². The molecule has 152 valence electrons. The lowest BCUT2D eigenvalue weighted by Gasteiger charge is -2.28. The van der Waals surface area contributed by atoms with E-state index in [1.165, 1.54) is 16.4 Å². The van der Waals surface area contributed by atoms with Gasteiger partial charge in [0.1, 0.15) is 0 Å². The van der Waals surface area contributed by atoms with Gasteiger partial charge in [-0.2, -0.15) is 16.4 Å². The fourth-order valence-corrected chi connectivity index (χ4v) is 3.94. The number of halogens is 1. The van der Waals surface area contributed by atoms with E-state index in [0.717, 1.165) is 10.6 Å². The van der Waals surface area contributed by atoms with Crippen molar-refractivity contribution in [2.75, 3.05) is 24.8 Å². The maximum Gasteiger partial charge on any atom is 0.254 e. The molecule has 1 unspecified atom stereocenters. The molecule has 2 heterocycles. The van der Waals surface area contributed by atoms with Crippen molar-refractivity contribution in [3.05, 3.63) is 53.1 Å². The normalized spacial score (nSPS) is 12.0. The number of carbonyl (C=O) groups is 1. The topological polar surface area (TPSA) is 89.7 Å². The van der Waals surface area contributed by atoms with E-state index in [1.807, 2.05) is 31.6 Å². The molecule has 0 saturated carbocycles. The van der Waals surface area contributed by atoms with Gasteiger partial charge in [0, 0.05) is 40.2 Å². The van der Waals surface area contributed by atoms with Crippen molar-refractivity contribution >= 4 is 41.0 Å². The maximum atomic E-state index is 13.4. The van der Waals surface area contributed by atoms with Gasteiger partial charge in [0.25, 0.3) is 11.9 Å². The molecular weight excluding hydrogens is 430 g/mol. The molecule has 1 amide bonds. The van der Waals surface area contributed by atoms with E-state index in [2.05, 4.69) is 25.5 Å². The Balaban J connectivity index is 1.96. The Morgan fingerprint density at radius 1 is 1.24 bits per heavy atom. The molecule has 1 atom stereocenters. The fourth-order valence-electron chi connectivity index (χ4n) is 2.77. The number of tetrazole rings is 1. The highest BCUT2D eigenvalue weighted by Crippen LogP contribution is 2.26. The smallest absolute Gasteiger partial charge is 0.254 e. The fraction of sp³-hybridized carbons (Fsp3) is 0.333. The lowest BCUT2D eigenvalue weighted by Crippen LogP contribution is -2.37. The first-order valence-corrected chi connectivity index (χ1v) is 11.7. The average Bonchev–Trinajstić information content (AvgIpc) is 3.23. The first-order chi connectivity index (χ1) is 14.0. The van der Waals surface area contributed by atoms with Crippen molar-refractivity contribution < 1.29 is 4.79 Å². The quantitative estimate of drug-likeness (QED) is 0.483. The van der Waals surface area contributed by atoms with Crippen LogP contribution in [0.5, 0.6) is 0 Å². The lowest BCUT2D eigenvalue weighted by atomic mass is 10.1. The molecule has 3 aromatic rings. The standard InChI is InChI=1S/C18H20ClN7OS2/c1-12(16-22-23-24-26(16)18-20-5-4-6-21-18)25(7-8-28-2)17(27)13-9-14(19)11-15(10-13)29-3/h4-6,9-12H,7-8H2,1-3H3. The second kappa shape index (κ2) is 10.0. The van der Waals surface area contributed by atoms with Crippen LogP contribution in [0.1, 0.15) is 29.1 Å². The highest BCUT2D eigenvalue weighted by Gasteiger charge is 2.28. The summed E-state index contributed by atoms with van der Waals surface area (Å²) in [6.45, 7) is 2.42. The van der Waals surface area contributed by atoms with E-state index < -0.39 is 6.04 Å². The van der Waals surface area contributed by atoms with Crippen LogP contribution in [0.15, 0.2) is 41.6 Å². The van der Waals surface area contributed by atoms with Crippen molar-refractivity contribution in [2.24, 2.45) is 0 Å². The minimum atomic E-state index is -0.398. The zero-order chi connectivity index (χ0) is 20.8. The number of aromatic nitrogens is 6. The Hall–Kier alpha value is -2.17. The van der Waals surface area contributed by atoms with Gasteiger partial charge in [0.05, 0.1) is 6.04 Å². The van der Waals surface area contributed by atoms with E-state index in [0.29, 0.717) is 28.9 Å². The summed E-state index contributed by atoms with van der Waals surface area (Å²) in [5.74, 6) is 1.48. The van der Waals surface area contributed by atoms with Gasteiger partial charge in [-0.15, -0.1) is 16.9 Å². The summed E-state index contributed by atoms with van der Waals surface area (Å²) < 4.78 is 1.45.